The number of nitrogens with zero attached hydrogens (tertiary/aromatic N) is 2. The Morgan fingerprint density at radius 2 is 1.24 bits per heavy atom. The first kappa shape index (κ1) is 25.5. The number of rotatable bonds is 3. The molecule has 0 fully saturated rings. The lowest BCUT2D eigenvalue weighted by molar-refractivity contribution is 0.669. The summed E-state index contributed by atoms with van der Waals surface area (Å²) in [7, 11) is 0. The van der Waals surface area contributed by atoms with Crippen molar-refractivity contribution in [1.29, 1.82) is 0 Å². The predicted molar refractivity (Wildman–Crippen MR) is 192 cm³/mol. The second kappa shape index (κ2) is 9.60. The molecule has 6 aromatic carbocycles. The highest BCUT2D eigenvalue weighted by Crippen LogP contribution is 2.40. The largest absolute Gasteiger partial charge is 0.456 e. The zero-order valence-corrected chi connectivity index (χ0v) is 25.5. The van der Waals surface area contributed by atoms with Crippen molar-refractivity contribution in [2.24, 2.45) is 0 Å². The molecule has 0 bridgehead atoms. The van der Waals surface area contributed by atoms with E-state index in [1.165, 1.54) is 66.3 Å². The Morgan fingerprint density at radius 1 is 0.543 bits per heavy atom. The maximum absolute atomic E-state index is 6.21. The van der Waals surface area contributed by atoms with Crippen molar-refractivity contribution in [3.05, 3.63) is 150 Å². The molecular formula is C43H30N2O. The number of allylic oxidation sites excluding steroid dienone is 1. The van der Waals surface area contributed by atoms with Crippen molar-refractivity contribution in [3.63, 3.8) is 0 Å². The molecule has 0 saturated carbocycles. The van der Waals surface area contributed by atoms with E-state index in [4.69, 9.17) is 4.42 Å². The Balaban J connectivity index is 1.32. The molecule has 3 nitrogen and oxygen atoms in total. The van der Waals surface area contributed by atoms with E-state index in [1.807, 2.05) is 12.1 Å². The van der Waals surface area contributed by atoms with Crippen LogP contribution >= 0.6 is 0 Å². The van der Waals surface area contributed by atoms with Gasteiger partial charge in [0.2, 0.25) is 0 Å². The van der Waals surface area contributed by atoms with Gasteiger partial charge in [-0.25, -0.2) is 0 Å². The van der Waals surface area contributed by atoms with Crippen LogP contribution < -0.4 is 0 Å². The molecule has 3 heterocycles. The van der Waals surface area contributed by atoms with Gasteiger partial charge >= 0.3 is 0 Å². The summed E-state index contributed by atoms with van der Waals surface area (Å²) < 4.78 is 11.2. The first-order valence-electron chi connectivity index (χ1n) is 16.1. The summed E-state index contributed by atoms with van der Waals surface area (Å²) >= 11 is 0. The van der Waals surface area contributed by atoms with Crippen molar-refractivity contribution in [1.82, 2.24) is 9.13 Å². The fourth-order valence-corrected chi connectivity index (χ4v) is 7.85. The van der Waals surface area contributed by atoms with E-state index in [0.29, 0.717) is 0 Å². The number of furan rings is 1. The molecule has 46 heavy (non-hydrogen) atoms. The molecule has 0 saturated heterocycles. The number of fused-ring (bicyclic) bond motifs is 9. The van der Waals surface area contributed by atoms with Crippen LogP contribution in [-0.2, 0) is 6.42 Å². The minimum Gasteiger partial charge on any atom is -0.456 e. The highest BCUT2D eigenvalue weighted by Gasteiger charge is 2.21. The molecule has 0 atom stereocenters. The number of hydrogen-bond donors (Lipinski definition) is 0. The van der Waals surface area contributed by atoms with Crippen LogP contribution in [0.2, 0.25) is 0 Å². The summed E-state index contributed by atoms with van der Waals surface area (Å²) in [4.78, 5) is 0. The van der Waals surface area contributed by atoms with E-state index in [9.17, 15) is 0 Å². The standard InChI is InChI=1S/C43H30N2O/c1-27-11-10-16-36-34-14-4-8-19-40(34)45(43(27)36)31-24-29(28-21-22-42-37(25-28)35-15-5-9-20-41(35)46-42)23-30(26-31)44-38-17-6-2-12-32(38)33-13-3-7-18-39(33)44/h2-6,8-17,19-26H,7,18H2,1H3. The van der Waals surface area contributed by atoms with Crippen LogP contribution in [0.5, 0.6) is 0 Å². The monoisotopic (exact) mass is 590 g/mol. The van der Waals surface area contributed by atoms with Gasteiger partial charge < -0.3 is 13.6 Å². The third-order valence-electron chi connectivity index (χ3n) is 9.87. The molecule has 1 aliphatic rings. The third kappa shape index (κ3) is 3.60. The first-order chi connectivity index (χ1) is 22.7. The van der Waals surface area contributed by atoms with Crippen LogP contribution in [0.4, 0.5) is 0 Å². The zero-order valence-electron chi connectivity index (χ0n) is 25.5. The zero-order chi connectivity index (χ0) is 30.4. The summed E-state index contributed by atoms with van der Waals surface area (Å²) in [6, 6.07) is 46.4. The fourth-order valence-electron chi connectivity index (χ4n) is 7.85. The van der Waals surface area contributed by atoms with Crippen molar-refractivity contribution >= 4 is 60.7 Å². The summed E-state index contributed by atoms with van der Waals surface area (Å²) in [5, 5.41) is 6.14. The van der Waals surface area contributed by atoms with Gasteiger partial charge in [-0.1, -0.05) is 91.0 Å². The molecule has 9 aromatic rings. The first-order valence-corrected chi connectivity index (χ1v) is 16.1. The van der Waals surface area contributed by atoms with Crippen LogP contribution in [0, 0.1) is 6.92 Å². The van der Waals surface area contributed by atoms with E-state index in [1.54, 1.807) is 0 Å². The van der Waals surface area contributed by atoms with Crippen molar-refractivity contribution in [3.8, 4) is 22.5 Å². The van der Waals surface area contributed by atoms with Crippen LogP contribution in [0.1, 0.15) is 23.2 Å². The van der Waals surface area contributed by atoms with E-state index in [2.05, 4.69) is 143 Å². The van der Waals surface area contributed by atoms with Crippen LogP contribution in [0.3, 0.4) is 0 Å². The average molecular weight is 591 g/mol. The lowest BCUT2D eigenvalue weighted by atomic mass is 10.0. The molecule has 0 amide bonds. The summed E-state index contributed by atoms with van der Waals surface area (Å²) in [6.45, 7) is 2.22. The van der Waals surface area contributed by atoms with Gasteiger partial charge in [0.15, 0.2) is 0 Å². The van der Waals surface area contributed by atoms with Crippen molar-refractivity contribution in [2.45, 2.75) is 19.8 Å². The summed E-state index contributed by atoms with van der Waals surface area (Å²) in [5.74, 6) is 0. The van der Waals surface area contributed by atoms with E-state index in [-0.39, 0.29) is 0 Å². The molecule has 218 valence electrons. The molecule has 0 aliphatic heterocycles. The fraction of sp³-hybridized carbons (Fsp3) is 0.0698. The van der Waals surface area contributed by atoms with Gasteiger partial charge in [-0.3, -0.25) is 0 Å². The highest BCUT2D eigenvalue weighted by molar-refractivity contribution is 6.10. The van der Waals surface area contributed by atoms with Gasteiger partial charge in [0.1, 0.15) is 11.2 Å². The summed E-state index contributed by atoms with van der Waals surface area (Å²) in [6.07, 6.45) is 6.69. The molecule has 0 N–H and O–H groups in total. The third-order valence-corrected chi connectivity index (χ3v) is 9.87. The molecule has 0 radical (unpaired) electrons. The van der Waals surface area contributed by atoms with Gasteiger partial charge in [0.25, 0.3) is 0 Å². The topological polar surface area (TPSA) is 23.0 Å². The SMILES string of the molecule is Cc1cccc2c3ccccc3n(-c3cc(-c4ccc5oc6ccccc6c5c4)cc(-n4c5c(c6ccccc64)C=CCC5)c3)c12. The molecule has 3 heteroatoms. The maximum atomic E-state index is 6.21. The number of aryl methyl sites for hydroxylation is 1. The quantitative estimate of drug-likeness (QED) is 0.201. The van der Waals surface area contributed by atoms with Gasteiger partial charge in [-0.05, 0) is 85.0 Å². The van der Waals surface area contributed by atoms with Crippen molar-refractivity contribution in [2.75, 3.05) is 0 Å². The van der Waals surface area contributed by atoms with Crippen LogP contribution in [-0.4, -0.2) is 9.13 Å². The lowest BCUT2D eigenvalue weighted by Crippen LogP contribution is -2.05. The normalized spacial score (nSPS) is 13.1. The Kier molecular flexibility index (Phi) is 5.32. The Morgan fingerprint density at radius 3 is 2.11 bits per heavy atom. The van der Waals surface area contributed by atoms with Crippen molar-refractivity contribution < 1.29 is 4.42 Å². The molecule has 0 spiro atoms. The Bertz CT molecular complexity index is 2710. The highest BCUT2D eigenvalue weighted by atomic mass is 16.3. The number of aromatic nitrogens is 2. The van der Waals surface area contributed by atoms with E-state index in [0.717, 1.165) is 40.5 Å². The Labute approximate surface area is 266 Å². The smallest absolute Gasteiger partial charge is 0.135 e. The molecule has 0 unspecified atom stereocenters. The van der Waals surface area contributed by atoms with E-state index < -0.39 is 0 Å². The number of benzene rings is 6. The van der Waals surface area contributed by atoms with Gasteiger partial charge in [0.05, 0.1) is 16.6 Å². The maximum Gasteiger partial charge on any atom is 0.135 e. The van der Waals surface area contributed by atoms with Gasteiger partial charge in [-0.2, -0.15) is 0 Å². The minimum absolute atomic E-state index is 0.914. The molecule has 3 aromatic heterocycles. The molecule has 10 rings (SSSR count). The van der Waals surface area contributed by atoms with Crippen LogP contribution in [0.15, 0.2) is 138 Å². The molecular weight excluding hydrogens is 560 g/mol. The summed E-state index contributed by atoms with van der Waals surface area (Å²) in [5.41, 5.74) is 14.2. The predicted octanol–water partition coefficient (Wildman–Crippen LogP) is 11.6. The van der Waals surface area contributed by atoms with Gasteiger partial charge in [-0.15, -0.1) is 0 Å². The number of hydrogen-bond acceptors (Lipinski definition) is 1. The van der Waals surface area contributed by atoms with Crippen LogP contribution in [0.25, 0.3) is 83.2 Å². The Hall–Kier alpha value is -5.80. The lowest BCUT2D eigenvalue weighted by Gasteiger charge is -2.18. The van der Waals surface area contributed by atoms with Gasteiger partial charge in [0, 0.05) is 49.6 Å². The second-order valence-corrected chi connectivity index (χ2v) is 12.5. The minimum atomic E-state index is 0.914. The molecule has 1 aliphatic carbocycles. The average Bonchev–Trinajstić information content (AvgIpc) is 3.76. The van der Waals surface area contributed by atoms with E-state index >= 15 is 0 Å². The second-order valence-electron chi connectivity index (χ2n) is 12.5. The number of para-hydroxylation sites is 4.